The van der Waals surface area contributed by atoms with Crippen molar-refractivity contribution in [3.63, 3.8) is 0 Å². The zero-order valence-electron chi connectivity index (χ0n) is 10.2. The van der Waals surface area contributed by atoms with E-state index in [9.17, 15) is 0 Å². The molecule has 1 heterocycles. The Labute approximate surface area is 104 Å². The molecule has 2 N–H and O–H groups in total. The Bertz CT molecular complexity index is 388. The largest absolute Gasteiger partial charge is 0.329 e. The Morgan fingerprint density at radius 1 is 1.24 bits per heavy atom. The Morgan fingerprint density at radius 2 is 2.06 bits per heavy atom. The highest BCUT2D eigenvalue weighted by atomic mass is 15.2. The van der Waals surface area contributed by atoms with Gasteiger partial charge in [0.15, 0.2) is 0 Å². The van der Waals surface area contributed by atoms with E-state index in [4.69, 9.17) is 5.73 Å². The fourth-order valence-corrected chi connectivity index (χ4v) is 2.30. The van der Waals surface area contributed by atoms with Crippen LogP contribution in [0.3, 0.4) is 0 Å². The second-order valence-electron chi connectivity index (χ2n) is 4.52. The summed E-state index contributed by atoms with van der Waals surface area (Å²) >= 11 is 0. The van der Waals surface area contributed by atoms with Crippen molar-refractivity contribution in [3.8, 4) is 11.8 Å². The van der Waals surface area contributed by atoms with E-state index in [0.717, 1.165) is 25.2 Å². The number of nitrogens with two attached hydrogens (primary N) is 1. The number of likely N-dealkylation sites (tertiary alicyclic amines) is 1. The monoisotopic (exact) mass is 228 g/mol. The first-order chi connectivity index (χ1) is 8.40. The minimum atomic E-state index is 0.536. The number of rotatable bonds is 2. The van der Waals surface area contributed by atoms with E-state index in [1.807, 2.05) is 30.3 Å². The molecule has 1 aliphatic rings. The van der Waals surface area contributed by atoms with Gasteiger partial charge in [-0.3, -0.25) is 4.90 Å². The van der Waals surface area contributed by atoms with Crippen molar-refractivity contribution < 1.29 is 0 Å². The fraction of sp³-hybridized carbons (Fsp3) is 0.467. The van der Waals surface area contributed by atoms with Crippen LogP contribution in [0, 0.1) is 11.8 Å². The predicted octanol–water partition coefficient (Wildman–Crippen LogP) is 1.85. The van der Waals surface area contributed by atoms with Gasteiger partial charge in [0, 0.05) is 18.2 Å². The zero-order valence-corrected chi connectivity index (χ0v) is 10.2. The Morgan fingerprint density at radius 3 is 2.82 bits per heavy atom. The highest BCUT2D eigenvalue weighted by Crippen LogP contribution is 2.15. The maximum absolute atomic E-state index is 5.79. The van der Waals surface area contributed by atoms with Crippen LogP contribution in [0.15, 0.2) is 30.3 Å². The molecule has 1 aromatic carbocycles. The van der Waals surface area contributed by atoms with Crippen molar-refractivity contribution in [1.82, 2.24) is 4.90 Å². The molecule has 1 aliphatic heterocycles. The van der Waals surface area contributed by atoms with Gasteiger partial charge in [0.05, 0.1) is 6.54 Å². The van der Waals surface area contributed by atoms with Gasteiger partial charge in [0.25, 0.3) is 0 Å². The lowest BCUT2D eigenvalue weighted by Crippen LogP contribution is -2.44. The van der Waals surface area contributed by atoms with Crippen LogP contribution in [0.5, 0.6) is 0 Å². The molecule has 1 fully saturated rings. The summed E-state index contributed by atoms with van der Waals surface area (Å²) in [5.41, 5.74) is 6.88. The highest BCUT2D eigenvalue weighted by molar-refractivity contribution is 5.33. The van der Waals surface area contributed by atoms with Crippen molar-refractivity contribution in [3.05, 3.63) is 35.9 Å². The van der Waals surface area contributed by atoms with Crippen molar-refractivity contribution in [2.45, 2.75) is 25.3 Å². The third-order valence-electron chi connectivity index (χ3n) is 3.31. The lowest BCUT2D eigenvalue weighted by molar-refractivity contribution is 0.173. The minimum absolute atomic E-state index is 0.536. The van der Waals surface area contributed by atoms with Crippen LogP contribution >= 0.6 is 0 Å². The van der Waals surface area contributed by atoms with Crippen LogP contribution in [0.2, 0.25) is 0 Å². The standard InChI is InChI=1S/C15H20N2/c16-13-15-10-4-5-11-17(15)12-6-9-14-7-2-1-3-8-14/h1-3,7-8,15H,4-5,10-13,16H2. The second-order valence-corrected chi connectivity index (χ2v) is 4.52. The van der Waals surface area contributed by atoms with Crippen LogP contribution in [0.4, 0.5) is 0 Å². The van der Waals surface area contributed by atoms with Gasteiger partial charge in [-0.2, -0.15) is 0 Å². The van der Waals surface area contributed by atoms with Gasteiger partial charge in [0.2, 0.25) is 0 Å². The summed E-state index contributed by atoms with van der Waals surface area (Å²) in [5, 5.41) is 0. The third kappa shape index (κ3) is 3.59. The molecule has 1 saturated heterocycles. The number of benzene rings is 1. The van der Waals surface area contributed by atoms with Gasteiger partial charge < -0.3 is 5.73 Å². The molecular formula is C15H20N2. The summed E-state index contributed by atoms with van der Waals surface area (Å²) in [6.45, 7) is 2.75. The molecule has 17 heavy (non-hydrogen) atoms. The maximum atomic E-state index is 5.79. The average Bonchev–Trinajstić information content (AvgIpc) is 2.40. The van der Waals surface area contributed by atoms with Crippen molar-refractivity contribution in [2.24, 2.45) is 5.73 Å². The van der Waals surface area contributed by atoms with Crippen molar-refractivity contribution >= 4 is 0 Å². The summed E-state index contributed by atoms with van der Waals surface area (Å²) in [5.74, 6) is 6.46. The molecule has 0 amide bonds. The highest BCUT2D eigenvalue weighted by Gasteiger charge is 2.19. The average molecular weight is 228 g/mol. The maximum Gasteiger partial charge on any atom is 0.0608 e. The van der Waals surface area contributed by atoms with Crippen LogP contribution in [0.25, 0.3) is 0 Å². The molecule has 90 valence electrons. The smallest absolute Gasteiger partial charge is 0.0608 e. The van der Waals surface area contributed by atoms with Crippen molar-refractivity contribution in [1.29, 1.82) is 0 Å². The molecule has 0 radical (unpaired) electrons. The van der Waals surface area contributed by atoms with Gasteiger partial charge in [-0.25, -0.2) is 0 Å². The molecule has 0 aliphatic carbocycles. The molecule has 0 aromatic heterocycles. The molecule has 0 bridgehead atoms. The molecule has 1 unspecified atom stereocenters. The molecule has 1 aromatic rings. The Kier molecular flexibility index (Phi) is 4.61. The van der Waals surface area contributed by atoms with Crippen LogP contribution in [-0.2, 0) is 0 Å². The normalized spacial score (nSPS) is 20.6. The third-order valence-corrected chi connectivity index (χ3v) is 3.31. The summed E-state index contributed by atoms with van der Waals surface area (Å²) in [7, 11) is 0. The molecule has 2 nitrogen and oxygen atoms in total. The molecule has 0 spiro atoms. The predicted molar refractivity (Wildman–Crippen MR) is 71.6 cm³/mol. The lowest BCUT2D eigenvalue weighted by atomic mass is 10.0. The van der Waals surface area contributed by atoms with Gasteiger partial charge >= 0.3 is 0 Å². The molecule has 1 atom stereocenters. The van der Waals surface area contributed by atoms with Gasteiger partial charge in [-0.15, -0.1) is 0 Å². The van der Waals surface area contributed by atoms with E-state index in [2.05, 4.69) is 16.7 Å². The first-order valence-corrected chi connectivity index (χ1v) is 6.38. The van der Waals surface area contributed by atoms with Gasteiger partial charge in [-0.05, 0) is 31.5 Å². The SMILES string of the molecule is NCC1CCCCN1CC#Cc1ccccc1. The van der Waals surface area contributed by atoms with Gasteiger partial charge in [-0.1, -0.05) is 36.5 Å². The summed E-state index contributed by atoms with van der Waals surface area (Å²) in [4.78, 5) is 2.42. The van der Waals surface area contributed by atoms with Gasteiger partial charge in [0.1, 0.15) is 0 Å². The summed E-state index contributed by atoms with van der Waals surface area (Å²) in [6.07, 6.45) is 3.82. The number of piperidine rings is 1. The first kappa shape index (κ1) is 12.2. The molecular weight excluding hydrogens is 208 g/mol. The number of hydrogen-bond acceptors (Lipinski definition) is 2. The Balaban J connectivity index is 1.91. The molecule has 0 saturated carbocycles. The molecule has 2 rings (SSSR count). The quantitative estimate of drug-likeness (QED) is 0.783. The minimum Gasteiger partial charge on any atom is -0.329 e. The second kappa shape index (κ2) is 6.44. The lowest BCUT2D eigenvalue weighted by Gasteiger charge is -2.33. The number of nitrogens with zero attached hydrogens (tertiary/aromatic N) is 1. The van der Waals surface area contributed by atoms with E-state index in [-0.39, 0.29) is 0 Å². The van der Waals surface area contributed by atoms with Crippen molar-refractivity contribution in [2.75, 3.05) is 19.6 Å². The van der Waals surface area contributed by atoms with Crippen LogP contribution in [0.1, 0.15) is 24.8 Å². The van der Waals surface area contributed by atoms with E-state index in [0.29, 0.717) is 6.04 Å². The van der Waals surface area contributed by atoms with Crippen LogP contribution in [-0.4, -0.2) is 30.6 Å². The fourth-order valence-electron chi connectivity index (χ4n) is 2.30. The summed E-state index contributed by atoms with van der Waals surface area (Å²) in [6, 6.07) is 10.7. The van der Waals surface area contributed by atoms with E-state index in [1.54, 1.807) is 0 Å². The first-order valence-electron chi connectivity index (χ1n) is 6.38. The van der Waals surface area contributed by atoms with Crippen LogP contribution < -0.4 is 5.73 Å². The number of hydrogen-bond donors (Lipinski definition) is 1. The van der Waals surface area contributed by atoms with E-state index >= 15 is 0 Å². The zero-order chi connectivity index (χ0) is 11.9. The summed E-state index contributed by atoms with van der Waals surface area (Å²) < 4.78 is 0. The molecule has 2 heteroatoms. The van der Waals surface area contributed by atoms with E-state index in [1.165, 1.54) is 19.3 Å². The van der Waals surface area contributed by atoms with E-state index < -0.39 is 0 Å². The topological polar surface area (TPSA) is 29.3 Å². The Hall–Kier alpha value is -1.30.